The number of aromatic amines is 4. The molecule has 0 unspecified atom stereocenters. The second-order valence-electron chi connectivity index (χ2n) is 16.4. The average molecular weight is 696 g/mol. The van der Waals surface area contributed by atoms with E-state index in [-0.39, 0.29) is 33.3 Å². The normalized spacial score (nSPS) is 12.5. The zero-order valence-electron chi connectivity index (χ0n) is 32.0. The third kappa shape index (κ3) is 8.31. The SMILES string of the molecule is Cc1nc2cc(C(C)(C)C)[nH]n2n1.[C-]#[N+]c1c(N)n[nH]c1C(C)(C)C.[C-]#[N+]c1c(N=Nc2c(C(C)(C)C)[nH]n3nc(C)nc23)n[nH]c1C(C)(C)C. The van der Waals surface area contributed by atoms with Gasteiger partial charge in [0.05, 0.1) is 18.8 Å². The van der Waals surface area contributed by atoms with E-state index in [0.29, 0.717) is 28.5 Å². The number of aryl methyl sites for hydroxylation is 2. The minimum absolute atomic E-state index is 0.107. The van der Waals surface area contributed by atoms with Crippen LogP contribution in [0.4, 0.5) is 28.7 Å². The molecular formula is C34H49N17. The van der Waals surface area contributed by atoms with Crippen LogP contribution in [0.1, 0.15) is 118 Å². The molecule has 6 heterocycles. The molecule has 51 heavy (non-hydrogen) atoms. The molecule has 0 amide bonds. The molecule has 0 saturated carbocycles. The van der Waals surface area contributed by atoms with Crippen LogP contribution in [0.25, 0.3) is 21.0 Å². The lowest BCUT2D eigenvalue weighted by Gasteiger charge is -2.16. The van der Waals surface area contributed by atoms with E-state index in [1.807, 2.05) is 61.5 Å². The third-order valence-electron chi connectivity index (χ3n) is 7.63. The summed E-state index contributed by atoms with van der Waals surface area (Å²) in [6, 6.07) is 2.04. The van der Waals surface area contributed by atoms with Gasteiger partial charge in [-0.25, -0.2) is 19.7 Å². The number of nitrogens with two attached hydrogens (primary N) is 1. The molecule has 17 nitrogen and oxygen atoms in total. The van der Waals surface area contributed by atoms with Crippen molar-refractivity contribution >= 4 is 40.0 Å². The number of azo groups is 1. The number of hydrogen-bond donors (Lipinski definition) is 5. The number of rotatable bonds is 2. The molecule has 6 aromatic heterocycles. The lowest BCUT2D eigenvalue weighted by atomic mass is 9.91. The maximum absolute atomic E-state index is 7.48. The standard InChI is InChI=1S/C17H23N9.C9H14N4.C8H12N4/c1-9-19-15-11(13(17(5,6)7)25-26(15)24-9)20-22-14-10(18-8)12(21-23-14)16(2,3)4;1-6-10-8-5-7(9(2,3)4)12-13(8)11-6;1-8(2,3)6-5(10-4)7(9)12-11-6/h25H,1-7H3,(H,21,23);5,12H,1-4H3;1-3H3,(H3,9,11,12). The van der Waals surface area contributed by atoms with Crippen molar-refractivity contribution in [1.82, 2.24) is 60.0 Å². The summed E-state index contributed by atoms with van der Waals surface area (Å²) in [4.78, 5) is 15.6. The highest BCUT2D eigenvalue weighted by atomic mass is 15.5. The summed E-state index contributed by atoms with van der Waals surface area (Å²) in [7, 11) is 0. The maximum atomic E-state index is 7.48. The van der Waals surface area contributed by atoms with Crippen molar-refractivity contribution in [1.29, 1.82) is 0 Å². The first-order valence-electron chi connectivity index (χ1n) is 16.4. The Hall–Kier alpha value is -5.84. The average Bonchev–Trinajstić information content (AvgIpc) is 3.81. The van der Waals surface area contributed by atoms with Gasteiger partial charge in [0.2, 0.25) is 11.5 Å². The van der Waals surface area contributed by atoms with Crippen molar-refractivity contribution in [3.63, 3.8) is 0 Å². The van der Waals surface area contributed by atoms with Gasteiger partial charge in [-0.15, -0.1) is 20.4 Å². The van der Waals surface area contributed by atoms with E-state index >= 15 is 0 Å². The summed E-state index contributed by atoms with van der Waals surface area (Å²) in [5.41, 5.74) is 11.6. The summed E-state index contributed by atoms with van der Waals surface area (Å²) >= 11 is 0. The number of fused-ring (bicyclic) bond motifs is 2. The molecule has 0 aliphatic carbocycles. The van der Waals surface area contributed by atoms with Gasteiger partial charge in [0.15, 0.2) is 17.2 Å². The van der Waals surface area contributed by atoms with Crippen LogP contribution in [-0.2, 0) is 21.7 Å². The summed E-state index contributed by atoms with van der Waals surface area (Å²) < 4.78 is 3.32. The Kier molecular flexibility index (Phi) is 10.0. The molecule has 0 aliphatic rings. The van der Waals surface area contributed by atoms with Gasteiger partial charge >= 0.3 is 0 Å². The monoisotopic (exact) mass is 695 g/mol. The van der Waals surface area contributed by atoms with Crippen LogP contribution < -0.4 is 5.73 Å². The first-order chi connectivity index (χ1) is 23.4. The van der Waals surface area contributed by atoms with Crippen molar-refractivity contribution < 1.29 is 0 Å². The molecule has 0 bridgehead atoms. The van der Waals surface area contributed by atoms with Gasteiger partial charge in [-0.1, -0.05) is 83.1 Å². The van der Waals surface area contributed by atoms with E-state index in [0.717, 1.165) is 34.2 Å². The largest absolute Gasteiger partial charge is 0.391 e. The van der Waals surface area contributed by atoms with Gasteiger partial charge in [-0.2, -0.15) is 19.5 Å². The van der Waals surface area contributed by atoms with Crippen LogP contribution in [0, 0.1) is 27.0 Å². The van der Waals surface area contributed by atoms with E-state index in [4.69, 9.17) is 18.9 Å². The van der Waals surface area contributed by atoms with Crippen molar-refractivity contribution in [2.24, 2.45) is 10.2 Å². The number of nitrogens with one attached hydrogen (secondary N) is 4. The van der Waals surface area contributed by atoms with Crippen molar-refractivity contribution in [3.05, 3.63) is 63.3 Å². The molecule has 0 aliphatic heterocycles. The van der Waals surface area contributed by atoms with Crippen LogP contribution in [0.3, 0.4) is 0 Å². The highest BCUT2D eigenvalue weighted by Gasteiger charge is 2.27. The molecule has 0 atom stereocenters. The fourth-order valence-corrected chi connectivity index (χ4v) is 4.91. The van der Waals surface area contributed by atoms with Crippen LogP contribution in [0.2, 0.25) is 0 Å². The Bertz CT molecular complexity index is 2220. The van der Waals surface area contributed by atoms with E-state index in [9.17, 15) is 0 Å². The first-order valence-corrected chi connectivity index (χ1v) is 16.4. The van der Waals surface area contributed by atoms with Gasteiger partial charge in [0.1, 0.15) is 11.6 Å². The molecule has 6 N–H and O–H groups in total. The van der Waals surface area contributed by atoms with Gasteiger partial charge in [-0.05, 0) is 24.7 Å². The van der Waals surface area contributed by atoms with E-state index in [2.05, 4.69) is 112 Å². The van der Waals surface area contributed by atoms with Crippen LogP contribution in [0.15, 0.2) is 16.3 Å². The smallest absolute Gasteiger partial charge is 0.255 e. The molecule has 17 heteroatoms. The predicted molar refractivity (Wildman–Crippen MR) is 197 cm³/mol. The molecule has 6 aromatic rings. The van der Waals surface area contributed by atoms with Gasteiger partial charge in [0.25, 0.3) is 11.4 Å². The summed E-state index contributed by atoms with van der Waals surface area (Å²) in [6.07, 6.45) is 0. The Labute approximate surface area is 297 Å². The molecule has 270 valence electrons. The minimum Gasteiger partial charge on any atom is -0.391 e. The third-order valence-corrected chi connectivity index (χ3v) is 7.63. The van der Waals surface area contributed by atoms with Gasteiger partial charge < -0.3 is 5.73 Å². The molecule has 6 rings (SSSR count). The van der Waals surface area contributed by atoms with Crippen molar-refractivity contribution in [2.45, 2.75) is 119 Å². The maximum Gasteiger partial charge on any atom is 0.255 e. The van der Waals surface area contributed by atoms with Crippen molar-refractivity contribution in [2.75, 3.05) is 5.73 Å². The lowest BCUT2D eigenvalue weighted by Crippen LogP contribution is -2.12. The quantitative estimate of drug-likeness (QED) is 0.0885. The first kappa shape index (κ1) is 38.0. The van der Waals surface area contributed by atoms with Gasteiger partial charge in [-0.3, -0.25) is 20.4 Å². The second-order valence-corrected chi connectivity index (χ2v) is 16.4. The fraction of sp³-hybridized carbons (Fsp3) is 0.529. The fourth-order valence-electron chi connectivity index (χ4n) is 4.91. The Balaban J connectivity index is 0.000000194. The molecule has 0 radical (unpaired) electrons. The number of anilines is 1. The molecule has 0 spiro atoms. The molecular weight excluding hydrogens is 646 g/mol. The Morgan fingerprint density at radius 1 is 0.667 bits per heavy atom. The number of H-pyrrole nitrogens is 4. The van der Waals surface area contributed by atoms with E-state index < -0.39 is 0 Å². The summed E-state index contributed by atoms with van der Waals surface area (Å²) in [5.74, 6) is 2.01. The zero-order valence-corrected chi connectivity index (χ0v) is 32.0. The van der Waals surface area contributed by atoms with E-state index in [1.54, 1.807) is 9.26 Å². The number of nitrogens with zero attached hydrogens (tertiary/aromatic N) is 12. The molecule has 0 aromatic carbocycles. The van der Waals surface area contributed by atoms with E-state index in [1.165, 1.54) is 0 Å². The number of aromatic nitrogens is 12. The highest BCUT2D eigenvalue weighted by molar-refractivity contribution is 5.70. The topological polar surface area (TPSA) is 209 Å². The van der Waals surface area contributed by atoms with Crippen molar-refractivity contribution in [3.8, 4) is 0 Å². The molecule has 0 saturated heterocycles. The number of hydrogen-bond acceptors (Lipinski definition) is 9. The van der Waals surface area contributed by atoms with Gasteiger partial charge in [0, 0.05) is 34.0 Å². The number of nitrogen functional groups attached to an aromatic ring is 1. The van der Waals surface area contributed by atoms with Crippen LogP contribution in [0.5, 0.6) is 0 Å². The Morgan fingerprint density at radius 3 is 1.71 bits per heavy atom. The lowest BCUT2D eigenvalue weighted by molar-refractivity contribution is 0.556. The predicted octanol–water partition coefficient (Wildman–Crippen LogP) is 8.15. The summed E-state index contributed by atoms with van der Waals surface area (Å²) in [5, 5.41) is 37.2. The second kappa shape index (κ2) is 13.5. The zero-order chi connectivity index (χ0) is 38.3. The Morgan fingerprint density at radius 2 is 1.20 bits per heavy atom. The minimum atomic E-state index is -0.233. The summed E-state index contributed by atoms with van der Waals surface area (Å²) in [6.45, 7) is 42.9. The molecule has 0 fully saturated rings. The highest BCUT2D eigenvalue weighted by Crippen LogP contribution is 2.39. The van der Waals surface area contributed by atoms with Crippen LogP contribution >= 0.6 is 0 Å². The van der Waals surface area contributed by atoms with Crippen LogP contribution in [-0.4, -0.2) is 60.0 Å².